The first-order chi connectivity index (χ1) is 15.0. The van der Waals surface area contributed by atoms with E-state index in [9.17, 15) is 13.6 Å². The van der Waals surface area contributed by atoms with Crippen LogP contribution in [0, 0.1) is 0 Å². The lowest BCUT2D eigenvalue weighted by Gasteiger charge is -2.28. The van der Waals surface area contributed by atoms with Crippen molar-refractivity contribution in [3.05, 3.63) is 45.7 Å². The molecule has 0 amide bonds. The minimum Gasteiger partial charge on any atom is -0.378 e. The van der Waals surface area contributed by atoms with E-state index in [1.54, 1.807) is 18.2 Å². The normalized spacial score (nSPS) is 16.7. The molecule has 2 saturated heterocycles. The van der Waals surface area contributed by atoms with Gasteiger partial charge in [-0.05, 0) is 24.3 Å². The molecule has 0 radical (unpaired) electrons. The molecule has 0 bridgehead atoms. The smallest absolute Gasteiger partial charge is 0.280 e. The SMILES string of the molecule is FC(F)c1cc(Cl)cc(N2CCOCC2)n1.O=Cc1cc(Cl)cc(N2CCOCC2)n1. The van der Waals surface area contributed by atoms with Gasteiger partial charge < -0.3 is 19.3 Å². The Bertz CT molecular complexity index is 879. The van der Waals surface area contributed by atoms with Crippen molar-refractivity contribution in [2.24, 2.45) is 0 Å². The maximum atomic E-state index is 12.5. The molecule has 2 aromatic heterocycles. The van der Waals surface area contributed by atoms with E-state index in [4.69, 9.17) is 32.7 Å². The molecule has 2 aliphatic rings. The first-order valence-corrected chi connectivity index (χ1v) is 10.5. The molecule has 0 N–H and O–H groups in total. The van der Waals surface area contributed by atoms with Crippen LogP contribution in [0.2, 0.25) is 10.0 Å². The predicted molar refractivity (Wildman–Crippen MR) is 115 cm³/mol. The summed E-state index contributed by atoms with van der Waals surface area (Å²) in [6.45, 7) is 5.40. The minimum absolute atomic E-state index is 0.283. The number of ether oxygens (including phenoxy) is 2. The van der Waals surface area contributed by atoms with Crippen LogP contribution < -0.4 is 9.80 Å². The molecule has 0 aliphatic carbocycles. The summed E-state index contributed by atoms with van der Waals surface area (Å²) < 4.78 is 35.5. The molecule has 2 fully saturated rings. The Hall–Kier alpha value is -2.07. The van der Waals surface area contributed by atoms with E-state index in [0.717, 1.165) is 18.9 Å². The number of aldehydes is 1. The van der Waals surface area contributed by atoms with Gasteiger partial charge in [0.2, 0.25) is 0 Å². The van der Waals surface area contributed by atoms with E-state index in [2.05, 4.69) is 14.9 Å². The Morgan fingerprint density at radius 1 is 0.839 bits per heavy atom. The number of halogens is 4. The third-order valence-corrected chi connectivity index (χ3v) is 5.04. The van der Waals surface area contributed by atoms with E-state index >= 15 is 0 Å². The van der Waals surface area contributed by atoms with Crippen molar-refractivity contribution in [3.63, 3.8) is 0 Å². The van der Waals surface area contributed by atoms with E-state index in [0.29, 0.717) is 62.3 Å². The van der Waals surface area contributed by atoms with Crippen LogP contribution in [-0.4, -0.2) is 68.9 Å². The van der Waals surface area contributed by atoms with Gasteiger partial charge >= 0.3 is 0 Å². The van der Waals surface area contributed by atoms with Gasteiger partial charge in [-0.3, -0.25) is 4.79 Å². The largest absolute Gasteiger partial charge is 0.378 e. The number of hydrogen-bond acceptors (Lipinski definition) is 7. The van der Waals surface area contributed by atoms with Crippen molar-refractivity contribution in [1.82, 2.24) is 9.97 Å². The van der Waals surface area contributed by atoms with E-state index in [1.165, 1.54) is 6.07 Å². The molecule has 0 spiro atoms. The third kappa shape index (κ3) is 6.96. The molecule has 4 heterocycles. The molecule has 0 aromatic carbocycles. The average molecular weight is 475 g/mol. The molecular formula is C20H22Cl2F2N4O3. The van der Waals surface area contributed by atoms with Gasteiger partial charge in [0.05, 0.1) is 26.4 Å². The topological polar surface area (TPSA) is 67.8 Å². The first kappa shape index (κ1) is 23.6. The van der Waals surface area contributed by atoms with Crippen molar-refractivity contribution in [1.29, 1.82) is 0 Å². The number of morpholine rings is 2. The zero-order valence-electron chi connectivity index (χ0n) is 16.6. The van der Waals surface area contributed by atoms with Crippen LogP contribution in [0.3, 0.4) is 0 Å². The highest BCUT2D eigenvalue weighted by Gasteiger charge is 2.17. The van der Waals surface area contributed by atoms with E-state index in [-0.39, 0.29) is 10.7 Å². The quantitative estimate of drug-likeness (QED) is 0.622. The zero-order chi connectivity index (χ0) is 22.2. The van der Waals surface area contributed by atoms with Crippen LogP contribution in [0.25, 0.3) is 0 Å². The number of hydrogen-bond donors (Lipinski definition) is 0. The maximum Gasteiger partial charge on any atom is 0.280 e. The minimum atomic E-state index is -2.60. The number of carbonyl (C=O) groups excluding carboxylic acids is 1. The number of pyridine rings is 2. The highest BCUT2D eigenvalue weighted by atomic mass is 35.5. The van der Waals surface area contributed by atoms with Crippen LogP contribution in [0.15, 0.2) is 24.3 Å². The molecule has 7 nitrogen and oxygen atoms in total. The van der Waals surface area contributed by atoms with Crippen molar-refractivity contribution in [2.45, 2.75) is 6.43 Å². The van der Waals surface area contributed by atoms with Gasteiger partial charge in [0.1, 0.15) is 23.0 Å². The van der Waals surface area contributed by atoms with Crippen LogP contribution in [0.4, 0.5) is 20.4 Å². The van der Waals surface area contributed by atoms with Crippen molar-refractivity contribution < 1.29 is 23.0 Å². The van der Waals surface area contributed by atoms with Gasteiger partial charge in [0, 0.05) is 36.2 Å². The summed E-state index contributed by atoms with van der Waals surface area (Å²) in [7, 11) is 0. The summed E-state index contributed by atoms with van der Waals surface area (Å²) in [5.41, 5.74) is 0.0815. The van der Waals surface area contributed by atoms with Gasteiger partial charge in [-0.15, -0.1) is 0 Å². The second-order valence-electron chi connectivity index (χ2n) is 6.75. The lowest BCUT2D eigenvalue weighted by atomic mass is 10.3. The fraction of sp³-hybridized carbons (Fsp3) is 0.450. The second kappa shape index (κ2) is 11.5. The summed E-state index contributed by atoms with van der Waals surface area (Å²) >= 11 is 11.7. The molecule has 0 unspecified atom stereocenters. The number of carbonyl (C=O) groups is 1. The second-order valence-corrected chi connectivity index (χ2v) is 7.63. The maximum absolute atomic E-state index is 12.5. The molecule has 4 rings (SSSR count). The Kier molecular flexibility index (Phi) is 8.77. The van der Waals surface area contributed by atoms with Gasteiger partial charge in [-0.2, -0.15) is 0 Å². The van der Waals surface area contributed by atoms with Crippen LogP contribution >= 0.6 is 23.2 Å². The van der Waals surface area contributed by atoms with Crippen molar-refractivity contribution in [3.8, 4) is 0 Å². The molecular weight excluding hydrogens is 453 g/mol. The molecule has 31 heavy (non-hydrogen) atoms. The number of alkyl halides is 2. The highest BCUT2D eigenvalue weighted by Crippen LogP contribution is 2.25. The van der Waals surface area contributed by atoms with E-state index < -0.39 is 6.43 Å². The zero-order valence-corrected chi connectivity index (χ0v) is 18.2. The number of nitrogens with zero attached hydrogens (tertiary/aromatic N) is 4. The molecule has 2 aliphatic heterocycles. The fourth-order valence-electron chi connectivity index (χ4n) is 3.09. The summed E-state index contributed by atoms with van der Waals surface area (Å²) in [5, 5.41) is 0.820. The summed E-state index contributed by atoms with van der Waals surface area (Å²) in [4.78, 5) is 22.7. The Labute approximate surface area is 188 Å². The van der Waals surface area contributed by atoms with Gasteiger partial charge in [0.25, 0.3) is 6.43 Å². The molecule has 11 heteroatoms. The van der Waals surface area contributed by atoms with Crippen LogP contribution in [0.1, 0.15) is 22.6 Å². The Morgan fingerprint density at radius 3 is 1.81 bits per heavy atom. The molecule has 0 atom stereocenters. The lowest BCUT2D eigenvalue weighted by Crippen LogP contribution is -2.36. The van der Waals surface area contributed by atoms with Crippen LogP contribution in [-0.2, 0) is 9.47 Å². The predicted octanol–water partition coefficient (Wildman–Crippen LogP) is 3.89. The summed E-state index contributed by atoms with van der Waals surface area (Å²) in [6, 6.07) is 6.10. The third-order valence-electron chi connectivity index (χ3n) is 4.61. The number of rotatable bonds is 4. The summed E-state index contributed by atoms with van der Waals surface area (Å²) in [5.74, 6) is 1.24. The standard InChI is InChI=1S/C10H11ClF2N2O.C10H11ClN2O2/c11-7-5-8(10(12)13)14-9(6-7)15-1-3-16-4-2-15;11-8-5-9(7-14)12-10(6-8)13-1-3-15-4-2-13/h5-6,10H,1-4H2;5-7H,1-4H2. The Balaban J connectivity index is 0.000000176. The van der Waals surface area contributed by atoms with Crippen molar-refractivity contribution in [2.75, 3.05) is 62.4 Å². The first-order valence-electron chi connectivity index (χ1n) is 9.70. The number of aromatic nitrogens is 2. The molecule has 0 saturated carbocycles. The van der Waals surface area contributed by atoms with Crippen molar-refractivity contribution >= 4 is 41.1 Å². The highest BCUT2D eigenvalue weighted by molar-refractivity contribution is 6.31. The number of anilines is 2. The van der Waals surface area contributed by atoms with Gasteiger partial charge in [-0.25, -0.2) is 18.7 Å². The summed E-state index contributed by atoms with van der Waals surface area (Å²) in [6.07, 6.45) is -1.89. The average Bonchev–Trinajstić information content (AvgIpc) is 2.80. The monoisotopic (exact) mass is 474 g/mol. The van der Waals surface area contributed by atoms with Crippen LogP contribution in [0.5, 0.6) is 0 Å². The molecule has 168 valence electrons. The van der Waals surface area contributed by atoms with Gasteiger partial charge in [0.15, 0.2) is 6.29 Å². The lowest BCUT2D eigenvalue weighted by molar-refractivity contribution is 0.111. The van der Waals surface area contributed by atoms with E-state index in [1.807, 2.05) is 4.90 Å². The molecule has 2 aromatic rings. The Morgan fingerprint density at radius 2 is 1.32 bits per heavy atom. The fourth-order valence-corrected chi connectivity index (χ4v) is 3.51. The van der Waals surface area contributed by atoms with Gasteiger partial charge in [-0.1, -0.05) is 23.2 Å².